The molecule has 2 aromatic carbocycles. The molecular formula is C21H24N2O2. The van der Waals surface area contributed by atoms with Crippen LogP contribution in [0, 0.1) is 20.8 Å². The highest BCUT2D eigenvalue weighted by molar-refractivity contribution is 5.93. The Balaban J connectivity index is 1.78. The van der Waals surface area contributed by atoms with Crippen LogP contribution in [0.1, 0.15) is 23.6 Å². The molecule has 1 heterocycles. The summed E-state index contributed by atoms with van der Waals surface area (Å²) in [5, 5.41) is 4.13. The second-order valence-corrected chi connectivity index (χ2v) is 6.42. The minimum absolute atomic E-state index is 0.0264. The van der Waals surface area contributed by atoms with Crippen molar-refractivity contribution in [3.8, 4) is 5.75 Å². The van der Waals surface area contributed by atoms with Crippen molar-refractivity contribution in [3.05, 3.63) is 59.3 Å². The van der Waals surface area contributed by atoms with Crippen molar-refractivity contribution in [3.63, 3.8) is 0 Å². The van der Waals surface area contributed by atoms with Crippen molar-refractivity contribution >= 4 is 22.5 Å². The van der Waals surface area contributed by atoms with Crippen molar-refractivity contribution < 1.29 is 9.53 Å². The third-order valence-electron chi connectivity index (χ3n) is 4.31. The van der Waals surface area contributed by atoms with Gasteiger partial charge in [0.25, 0.3) is 0 Å². The zero-order valence-electron chi connectivity index (χ0n) is 15.2. The van der Waals surface area contributed by atoms with Gasteiger partial charge in [0.05, 0.1) is 6.61 Å². The molecule has 1 amide bonds. The second kappa shape index (κ2) is 7.01. The molecule has 3 aromatic rings. The van der Waals surface area contributed by atoms with E-state index in [0.717, 1.165) is 33.5 Å². The van der Waals surface area contributed by atoms with E-state index in [2.05, 4.69) is 24.4 Å². The van der Waals surface area contributed by atoms with Gasteiger partial charge in [-0.1, -0.05) is 17.7 Å². The molecule has 0 spiro atoms. The third kappa shape index (κ3) is 3.68. The van der Waals surface area contributed by atoms with E-state index in [0.29, 0.717) is 6.61 Å². The smallest absolute Gasteiger partial charge is 0.244 e. The average molecular weight is 336 g/mol. The third-order valence-corrected chi connectivity index (χ3v) is 4.31. The Hall–Kier alpha value is -2.75. The molecule has 0 radical (unpaired) electrons. The zero-order chi connectivity index (χ0) is 18.0. The van der Waals surface area contributed by atoms with Crippen molar-refractivity contribution in [2.24, 2.45) is 0 Å². The van der Waals surface area contributed by atoms with Gasteiger partial charge < -0.3 is 14.6 Å². The molecule has 1 N–H and O–H groups in total. The van der Waals surface area contributed by atoms with E-state index in [-0.39, 0.29) is 12.5 Å². The zero-order valence-corrected chi connectivity index (χ0v) is 15.2. The first-order valence-electron chi connectivity index (χ1n) is 8.57. The Kier molecular flexibility index (Phi) is 4.79. The standard InChI is InChI=1S/C21H24N2O2/c1-5-25-18-6-7-19-17(12-18)8-9-23(19)13-20(24)22-21-15(3)10-14(2)11-16(21)4/h6-12H,5,13H2,1-4H3,(H,22,24). The highest BCUT2D eigenvalue weighted by Gasteiger charge is 2.11. The summed E-state index contributed by atoms with van der Waals surface area (Å²) in [5.41, 5.74) is 5.31. The fourth-order valence-corrected chi connectivity index (χ4v) is 3.28. The number of rotatable bonds is 5. The fourth-order valence-electron chi connectivity index (χ4n) is 3.28. The normalized spacial score (nSPS) is 10.9. The number of amides is 1. The molecule has 3 rings (SSSR count). The number of carbonyl (C=O) groups excluding carboxylic acids is 1. The van der Waals surface area contributed by atoms with E-state index < -0.39 is 0 Å². The van der Waals surface area contributed by atoms with Crippen LogP contribution in [0.4, 0.5) is 5.69 Å². The van der Waals surface area contributed by atoms with Gasteiger partial charge in [-0.25, -0.2) is 0 Å². The molecule has 0 unspecified atom stereocenters. The van der Waals surface area contributed by atoms with E-state index in [1.54, 1.807) is 0 Å². The number of carbonyl (C=O) groups is 1. The lowest BCUT2D eigenvalue weighted by Crippen LogP contribution is -2.19. The average Bonchev–Trinajstić information content (AvgIpc) is 2.93. The van der Waals surface area contributed by atoms with Crippen LogP contribution in [0.2, 0.25) is 0 Å². The molecular weight excluding hydrogens is 312 g/mol. The summed E-state index contributed by atoms with van der Waals surface area (Å²) >= 11 is 0. The van der Waals surface area contributed by atoms with Crippen LogP contribution in [0.25, 0.3) is 10.9 Å². The SMILES string of the molecule is CCOc1ccc2c(ccn2CC(=O)Nc2c(C)cc(C)cc2C)c1. The number of nitrogens with zero attached hydrogens (tertiary/aromatic N) is 1. The Morgan fingerprint density at radius 3 is 2.48 bits per heavy atom. The lowest BCUT2D eigenvalue weighted by molar-refractivity contribution is -0.116. The number of ether oxygens (including phenoxy) is 1. The Morgan fingerprint density at radius 1 is 1.08 bits per heavy atom. The molecule has 0 atom stereocenters. The van der Waals surface area contributed by atoms with Crippen LogP contribution in [-0.2, 0) is 11.3 Å². The first-order valence-corrected chi connectivity index (χ1v) is 8.57. The number of anilines is 1. The monoisotopic (exact) mass is 336 g/mol. The highest BCUT2D eigenvalue weighted by atomic mass is 16.5. The first kappa shape index (κ1) is 17.1. The first-order chi connectivity index (χ1) is 12.0. The molecule has 0 saturated heterocycles. The molecule has 0 aliphatic carbocycles. The molecule has 0 aliphatic heterocycles. The summed E-state index contributed by atoms with van der Waals surface area (Å²) in [4.78, 5) is 12.5. The van der Waals surface area contributed by atoms with E-state index in [1.807, 2.05) is 55.8 Å². The summed E-state index contributed by atoms with van der Waals surface area (Å²) < 4.78 is 7.49. The number of fused-ring (bicyclic) bond motifs is 1. The van der Waals surface area contributed by atoms with Crippen LogP contribution in [0.15, 0.2) is 42.6 Å². The van der Waals surface area contributed by atoms with Gasteiger partial charge in [0, 0.05) is 22.8 Å². The minimum Gasteiger partial charge on any atom is -0.494 e. The molecule has 0 fully saturated rings. The predicted molar refractivity (Wildman–Crippen MR) is 102 cm³/mol. The number of benzene rings is 2. The van der Waals surface area contributed by atoms with Crippen molar-refractivity contribution in [1.29, 1.82) is 0 Å². The predicted octanol–water partition coefficient (Wildman–Crippen LogP) is 4.60. The van der Waals surface area contributed by atoms with Crippen LogP contribution < -0.4 is 10.1 Å². The molecule has 1 aromatic heterocycles. The number of hydrogen-bond donors (Lipinski definition) is 1. The quantitative estimate of drug-likeness (QED) is 0.740. The van der Waals surface area contributed by atoms with Crippen LogP contribution in [0.3, 0.4) is 0 Å². The van der Waals surface area contributed by atoms with Crippen molar-refractivity contribution in [2.75, 3.05) is 11.9 Å². The van der Waals surface area contributed by atoms with Crippen molar-refractivity contribution in [2.45, 2.75) is 34.2 Å². The van der Waals surface area contributed by atoms with Gasteiger partial charge in [0.1, 0.15) is 12.3 Å². The number of aryl methyl sites for hydroxylation is 3. The largest absolute Gasteiger partial charge is 0.494 e. The maximum absolute atomic E-state index is 12.5. The molecule has 130 valence electrons. The maximum atomic E-state index is 12.5. The molecule has 25 heavy (non-hydrogen) atoms. The van der Waals surface area contributed by atoms with Gasteiger partial charge in [0.15, 0.2) is 0 Å². The van der Waals surface area contributed by atoms with Crippen LogP contribution in [0.5, 0.6) is 5.75 Å². The lowest BCUT2D eigenvalue weighted by Gasteiger charge is -2.13. The molecule has 0 bridgehead atoms. The Labute approximate surface area is 148 Å². The summed E-state index contributed by atoms with van der Waals surface area (Å²) in [6, 6.07) is 12.1. The Morgan fingerprint density at radius 2 is 1.80 bits per heavy atom. The molecule has 0 aliphatic rings. The summed E-state index contributed by atoms with van der Waals surface area (Å²) in [6.07, 6.45) is 1.94. The van der Waals surface area contributed by atoms with Gasteiger partial charge in [0.2, 0.25) is 5.91 Å². The van der Waals surface area contributed by atoms with Gasteiger partial charge in [-0.3, -0.25) is 4.79 Å². The van der Waals surface area contributed by atoms with E-state index >= 15 is 0 Å². The summed E-state index contributed by atoms with van der Waals surface area (Å²) in [5.74, 6) is 0.824. The van der Waals surface area contributed by atoms with E-state index in [9.17, 15) is 4.79 Å². The topological polar surface area (TPSA) is 43.3 Å². The number of hydrogen-bond acceptors (Lipinski definition) is 2. The summed E-state index contributed by atoms with van der Waals surface area (Å²) in [7, 11) is 0. The van der Waals surface area contributed by atoms with E-state index in [4.69, 9.17) is 4.74 Å². The van der Waals surface area contributed by atoms with Crippen LogP contribution >= 0.6 is 0 Å². The maximum Gasteiger partial charge on any atom is 0.244 e. The van der Waals surface area contributed by atoms with Gasteiger partial charge >= 0.3 is 0 Å². The van der Waals surface area contributed by atoms with Crippen molar-refractivity contribution in [1.82, 2.24) is 4.57 Å². The molecule has 0 saturated carbocycles. The minimum atomic E-state index is -0.0264. The lowest BCUT2D eigenvalue weighted by atomic mass is 10.1. The van der Waals surface area contributed by atoms with Gasteiger partial charge in [-0.15, -0.1) is 0 Å². The second-order valence-electron chi connectivity index (χ2n) is 6.42. The number of aromatic nitrogens is 1. The molecule has 4 nitrogen and oxygen atoms in total. The highest BCUT2D eigenvalue weighted by Crippen LogP contribution is 2.24. The van der Waals surface area contributed by atoms with Crippen LogP contribution in [-0.4, -0.2) is 17.1 Å². The number of nitrogens with one attached hydrogen (secondary N) is 1. The molecule has 4 heteroatoms. The van der Waals surface area contributed by atoms with E-state index in [1.165, 1.54) is 5.56 Å². The Bertz CT molecular complexity index is 902. The van der Waals surface area contributed by atoms with Gasteiger partial charge in [-0.05, 0) is 63.1 Å². The van der Waals surface area contributed by atoms with Gasteiger partial charge in [-0.2, -0.15) is 0 Å². The fraction of sp³-hybridized carbons (Fsp3) is 0.286. The summed E-state index contributed by atoms with van der Waals surface area (Å²) in [6.45, 7) is 9.00.